The molecule has 1 saturated heterocycles. The first-order valence-corrected chi connectivity index (χ1v) is 10.4. The minimum Gasteiger partial charge on any atom is -0.351 e. The van der Waals surface area contributed by atoms with Crippen molar-refractivity contribution >= 4 is 27.3 Å². The molecule has 7 nitrogen and oxygen atoms in total. The fraction of sp³-hybridized carbons (Fsp3) is 0.375. The Morgan fingerprint density at radius 1 is 1.36 bits per heavy atom. The Labute approximate surface area is 161 Å². The van der Waals surface area contributed by atoms with Gasteiger partial charge in [0.15, 0.2) is 0 Å². The molecule has 4 rings (SSSR count). The van der Waals surface area contributed by atoms with Crippen molar-refractivity contribution in [1.82, 2.24) is 14.8 Å². The van der Waals surface area contributed by atoms with E-state index in [2.05, 4.69) is 21.6 Å². The Morgan fingerprint density at radius 3 is 2.61 bits per heavy atom. The number of thiophene rings is 1. The molecule has 2 aliphatic rings. The lowest BCUT2D eigenvalue weighted by Gasteiger charge is -2.18. The van der Waals surface area contributed by atoms with Crippen molar-refractivity contribution in [3.05, 3.63) is 36.6 Å². The number of nitrogens with one attached hydrogen (secondary N) is 1. The first kappa shape index (κ1) is 19.2. The number of hydrogen-bond donors (Lipinski definition) is 1. The number of rotatable bonds is 5. The Kier molecular flexibility index (Phi) is 4.39. The molecule has 0 radical (unpaired) electrons. The first-order valence-electron chi connectivity index (χ1n) is 8.18. The number of aromatic nitrogens is 1. The highest BCUT2D eigenvalue weighted by Gasteiger charge is 2.58. The summed E-state index contributed by atoms with van der Waals surface area (Å²) in [5.41, 5.74) is -0.0738. The maximum atomic E-state index is 12.8. The molecule has 1 aliphatic carbocycles. The topological polar surface area (TPSA) is 92.5 Å². The Hall–Kier alpha value is -2.18. The van der Waals surface area contributed by atoms with Crippen LogP contribution in [-0.2, 0) is 21.0 Å². The van der Waals surface area contributed by atoms with Crippen LogP contribution in [0.5, 0.6) is 0 Å². The number of carbonyl (C=O) groups is 1. The monoisotopic (exact) mass is 433 g/mol. The normalized spacial score (nSPS) is 24.8. The molecule has 0 bridgehead atoms. The van der Waals surface area contributed by atoms with Gasteiger partial charge in [-0.2, -0.15) is 17.5 Å². The van der Waals surface area contributed by atoms with E-state index in [1.807, 2.05) is 0 Å². The van der Waals surface area contributed by atoms with Crippen molar-refractivity contribution in [1.29, 1.82) is 0 Å². The zero-order valence-corrected chi connectivity index (χ0v) is 15.8. The van der Waals surface area contributed by atoms with Gasteiger partial charge in [-0.1, -0.05) is 11.7 Å². The van der Waals surface area contributed by atoms with E-state index in [1.165, 1.54) is 22.5 Å². The van der Waals surface area contributed by atoms with Crippen LogP contribution < -0.4 is 5.32 Å². The number of halogens is 3. The molecule has 1 N–H and O–H groups in total. The van der Waals surface area contributed by atoms with Crippen molar-refractivity contribution in [3.63, 3.8) is 0 Å². The van der Waals surface area contributed by atoms with Gasteiger partial charge in [0.05, 0.1) is 4.88 Å². The number of hydrogen-bond acceptors (Lipinski definition) is 6. The van der Waals surface area contributed by atoms with Crippen LogP contribution in [0.25, 0.3) is 10.6 Å². The summed E-state index contributed by atoms with van der Waals surface area (Å²) < 4.78 is 69.1. The summed E-state index contributed by atoms with van der Waals surface area (Å²) in [4.78, 5) is 11.6. The van der Waals surface area contributed by atoms with E-state index in [0.29, 0.717) is 0 Å². The second-order valence-electron chi connectivity index (χ2n) is 6.58. The van der Waals surface area contributed by atoms with Crippen LogP contribution in [0.3, 0.4) is 0 Å². The molecular weight excluding hydrogens is 419 g/mol. The largest absolute Gasteiger partial charge is 0.452 e. The lowest BCUT2D eigenvalue weighted by Crippen LogP contribution is -2.36. The smallest absolute Gasteiger partial charge is 0.351 e. The van der Waals surface area contributed by atoms with Gasteiger partial charge < -0.3 is 9.84 Å². The minimum atomic E-state index is -4.66. The van der Waals surface area contributed by atoms with Crippen LogP contribution in [-0.4, -0.2) is 42.9 Å². The van der Waals surface area contributed by atoms with Crippen LogP contribution in [0.15, 0.2) is 39.6 Å². The van der Waals surface area contributed by atoms with Crippen LogP contribution >= 0.6 is 11.3 Å². The van der Waals surface area contributed by atoms with Gasteiger partial charge >= 0.3 is 6.18 Å². The highest BCUT2D eigenvalue weighted by molar-refractivity contribution is 7.91. The Bertz CT molecular complexity index is 1030. The molecule has 2 unspecified atom stereocenters. The molecule has 2 aromatic rings. The van der Waals surface area contributed by atoms with Crippen molar-refractivity contribution in [2.75, 3.05) is 13.1 Å². The summed E-state index contributed by atoms with van der Waals surface area (Å²) in [6, 6.07) is 3.43. The maximum absolute atomic E-state index is 12.8. The van der Waals surface area contributed by atoms with Gasteiger partial charge in [0, 0.05) is 25.2 Å². The van der Waals surface area contributed by atoms with Crippen molar-refractivity contribution in [3.8, 4) is 10.6 Å². The number of fused-ring (bicyclic) bond motifs is 1. The van der Waals surface area contributed by atoms with Gasteiger partial charge in [-0.25, -0.2) is 8.42 Å². The van der Waals surface area contributed by atoms with Gasteiger partial charge in [-0.05, 0) is 30.0 Å². The summed E-state index contributed by atoms with van der Waals surface area (Å²) in [7, 11) is -3.77. The molecule has 2 aromatic heterocycles. The van der Waals surface area contributed by atoms with E-state index >= 15 is 0 Å². The minimum absolute atomic E-state index is 0.0204. The Morgan fingerprint density at radius 2 is 2.04 bits per heavy atom. The average molecular weight is 433 g/mol. The van der Waals surface area contributed by atoms with Gasteiger partial charge in [0.1, 0.15) is 9.90 Å². The molecule has 2 atom stereocenters. The third-order valence-electron chi connectivity index (χ3n) is 4.87. The highest BCUT2D eigenvalue weighted by atomic mass is 32.2. The van der Waals surface area contributed by atoms with Gasteiger partial charge in [0.25, 0.3) is 10.0 Å². The fourth-order valence-corrected chi connectivity index (χ4v) is 6.30. The summed E-state index contributed by atoms with van der Waals surface area (Å²) in [5.74, 6) is -1.42. The lowest BCUT2D eigenvalue weighted by molar-refractivity contribution is -0.155. The molecule has 1 aliphatic heterocycles. The third kappa shape index (κ3) is 3.25. The predicted octanol–water partition coefficient (Wildman–Crippen LogP) is 2.34. The van der Waals surface area contributed by atoms with E-state index in [0.717, 1.165) is 17.4 Å². The maximum Gasteiger partial charge on any atom is 0.452 e. The predicted molar refractivity (Wildman–Crippen MR) is 92.7 cm³/mol. The van der Waals surface area contributed by atoms with Crippen LogP contribution in [0, 0.1) is 11.8 Å². The van der Waals surface area contributed by atoms with Gasteiger partial charge in [-0.3, -0.25) is 4.79 Å². The van der Waals surface area contributed by atoms with E-state index in [9.17, 15) is 26.4 Å². The average Bonchev–Trinajstić information content (AvgIpc) is 3.17. The van der Waals surface area contributed by atoms with E-state index in [1.54, 1.807) is 0 Å². The number of alkyl halides is 3. The van der Waals surface area contributed by atoms with E-state index in [4.69, 9.17) is 0 Å². The molecular formula is C16H14F3N3O4S2. The zero-order chi connectivity index (χ0) is 20.3. The van der Waals surface area contributed by atoms with Crippen LogP contribution in [0.4, 0.5) is 13.2 Å². The number of carbonyl (C=O) groups excluding carboxylic acids is 1. The molecule has 150 valence electrons. The summed E-state index contributed by atoms with van der Waals surface area (Å²) in [6.45, 7) is 3.94. The van der Waals surface area contributed by atoms with Crippen molar-refractivity contribution in [2.45, 2.75) is 16.4 Å². The summed E-state index contributed by atoms with van der Waals surface area (Å²) >= 11 is 0.832. The van der Waals surface area contributed by atoms with Crippen LogP contribution in [0.1, 0.15) is 5.76 Å². The number of sulfonamides is 1. The molecule has 1 saturated carbocycles. The van der Waals surface area contributed by atoms with Crippen LogP contribution in [0.2, 0.25) is 0 Å². The molecule has 28 heavy (non-hydrogen) atoms. The van der Waals surface area contributed by atoms with Gasteiger partial charge in [0.2, 0.25) is 11.7 Å². The Balaban J connectivity index is 1.46. The number of piperidine rings is 1. The van der Waals surface area contributed by atoms with Crippen molar-refractivity contribution < 1.29 is 30.9 Å². The van der Waals surface area contributed by atoms with Gasteiger partial charge in [-0.15, -0.1) is 11.3 Å². The SMILES string of the molecule is C=CC(=O)NC1C2CN(S(=O)(=O)c3ccc(-c4cc(C(F)(F)F)on4)s3)CC21. The van der Waals surface area contributed by atoms with Crippen molar-refractivity contribution in [2.24, 2.45) is 11.8 Å². The second kappa shape index (κ2) is 6.42. The van der Waals surface area contributed by atoms with E-state index in [-0.39, 0.29) is 51.7 Å². The molecule has 1 amide bonds. The lowest BCUT2D eigenvalue weighted by atomic mass is 10.3. The molecule has 12 heteroatoms. The third-order valence-corrected chi connectivity index (χ3v) is 8.28. The summed E-state index contributed by atoms with van der Waals surface area (Å²) in [6.07, 6.45) is -3.49. The molecule has 0 aromatic carbocycles. The quantitative estimate of drug-likeness (QED) is 0.731. The molecule has 0 spiro atoms. The summed E-state index contributed by atoms with van der Waals surface area (Å²) in [5, 5.41) is 6.14. The second-order valence-corrected chi connectivity index (χ2v) is 9.83. The number of amides is 1. The zero-order valence-electron chi connectivity index (χ0n) is 14.1. The molecule has 2 fully saturated rings. The highest BCUT2D eigenvalue weighted by Crippen LogP contribution is 2.47. The first-order chi connectivity index (χ1) is 13.1. The molecule has 3 heterocycles. The fourth-order valence-electron chi connectivity index (χ4n) is 3.37. The standard InChI is InChI=1S/C16H14F3N3O4S2/c1-2-13(23)20-15-8-6-22(7-9(8)15)28(24,25)14-4-3-11(27-14)10-5-12(26-21-10)16(17,18)19/h2-5,8-9,15H,1,6-7H2,(H,20,23). The van der Waals surface area contributed by atoms with E-state index < -0.39 is 22.0 Å². The number of nitrogens with zero attached hydrogens (tertiary/aromatic N) is 2.